The summed E-state index contributed by atoms with van der Waals surface area (Å²) in [6.45, 7) is 0. The standard InChI is InChI=1S/C12H6Cl2N2/c13-11-12(14)16-10-8-4-2-1-3-7(8)5-6-9(10)15-11/h1-6H. The lowest BCUT2D eigenvalue weighted by molar-refractivity contribution is 1.30. The second-order valence-electron chi connectivity index (χ2n) is 3.46. The first-order chi connectivity index (χ1) is 7.75. The van der Waals surface area contributed by atoms with Crippen molar-refractivity contribution < 1.29 is 0 Å². The van der Waals surface area contributed by atoms with E-state index in [1.807, 2.05) is 36.4 Å². The van der Waals surface area contributed by atoms with Gasteiger partial charge in [-0.1, -0.05) is 53.5 Å². The predicted molar refractivity (Wildman–Crippen MR) is 67.1 cm³/mol. The monoisotopic (exact) mass is 248 g/mol. The van der Waals surface area contributed by atoms with Crippen molar-refractivity contribution in [1.82, 2.24) is 9.97 Å². The molecule has 0 spiro atoms. The number of aromatic nitrogens is 2. The van der Waals surface area contributed by atoms with Crippen LogP contribution in [-0.4, -0.2) is 9.97 Å². The summed E-state index contributed by atoms with van der Waals surface area (Å²) in [5.41, 5.74) is 1.54. The summed E-state index contributed by atoms with van der Waals surface area (Å²) in [4.78, 5) is 8.47. The molecule has 3 rings (SSSR count). The van der Waals surface area contributed by atoms with Crippen LogP contribution in [0, 0.1) is 0 Å². The Morgan fingerprint density at radius 3 is 2.44 bits per heavy atom. The summed E-state index contributed by atoms with van der Waals surface area (Å²) in [5, 5.41) is 2.63. The summed E-state index contributed by atoms with van der Waals surface area (Å²) >= 11 is 11.7. The lowest BCUT2D eigenvalue weighted by atomic mass is 10.1. The van der Waals surface area contributed by atoms with Crippen molar-refractivity contribution in [2.45, 2.75) is 0 Å². The zero-order chi connectivity index (χ0) is 11.1. The number of rotatable bonds is 0. The maximum atomic E-state index is 5.88. The third kappa shape index (κ3) is 1.42. The minimum atomic E-state index is 0.240. The number of hydrogen-bond acceptors (Lipinski definition) is 2. The highest BCUT2D eigenvalue weighted by Gasteiger charge is 2.07. The quantitative estimate of drug-likeness (QED) is 0.561. The summed E-state index contributed by atoms with van der Waals surface area (Å²) in [7, 11) is 0. The van der Waals surface area contributed by atoms with Gasteiger partial charge in [-0.2, -0.15) is 0 Å². The number of nitrogens with zero attached hydrogens (tertiary/aromatic N) is 2. The van der Waals surface area contributed by atoms with Crippen LogP contribution in [0.25, 0.3) is 21.8 Å². The fourth-order valence-electron chi connectivity index (χ4n) is 1.75. The summed E-state index contributed by atoms with van der Waals surface area (Å²) in [5.74, 6) is 0. The SMILES string of the molecule is Clc1nc2ccc3ccccc3c2nc1Cl. The molecule has 1 aromatic heterocycles. The van der Waals surface area contributed by atoms with E-state index in [1.54, 1.807) is 0 Å². The average molecular weight is 249 g/mol. The molecule has 0 fully saturated rings. The van der Waals surface area contributed by atoms with Gasteiger partial charge in [-0.15, -0.1) is 0 Å². The molecule has 0 aliphatic heterocycles. The van der Waals surface area contributed by atoms with E-state index in [2.05, 4.69) is 9.97 Å². The van der Waals surface area contributed by atoms with Gasteiger partial charge < -0.3 is 0 Å². The van der Waals surface area contributed by atoms with E-state index in [0.29, 0.717) is 0 Å². The molecule has 0 aliphatic carbocycles. The zero-order valence-corrected chi connectivity index (χ0v) is 9.63. The van der Waals surface area contributed by atoms with Crippen LogP contribution < -0.4 is 0 Å². The Bertz CT molecular complexity index is 695. The lowest BCUT2D eigenvalue weighted by Crippen LogP contribution is -1.87. The van der Waals surface area contributed by atoms with Gasteiger partial charge in [-0.3, -0.25) is 0 Å². The van der Waals surface area contributed by atoms with Crippen molar-refractivity contribution in [2.75, 3.05) is 0 Å². The first-order valence-corrected chi connectivity index (χ1v) is 5.52. The molecule has 0 atom stereocenters. The fourth-order valence-corrected chi connectivity index (χ4v) is 2.01. The number of hydrogen-bond donors (Lipinski definition) is 0. The van der Waals surface area contributed by atoms with E-state index >= 15 is 0 Å². The van der Waals surface area contributed by atoms with E-state index in [1.165, 1.54) is 0 Å². The van der Waals surface area contributed by atoms with Crippen LogP contribution in [-0.2, 0) is 0 Å². The molecule has 0 saturated carbocycles. The molecule has 0 amide bonds. The molecular formula is C12H6Cl2N2. The molecule has 0 radical (unpaired) electrons. The van der Waals surface area contributed by atoms with Crippen molar-refractivity contribution in [2.24, 2.45) is 0 Å². The Morgan fingerprint density at radius 2 is 1.56 bits per heavy atom. The minimum absolute atomic E-state index is 0.240. The highest BCUT2D eigenvalue weighted by atomic mass is 35.5. The molecule has 2 nitrogen and oxygen atoms in total. The maximum Gasteiger partial charge on any atom is 0.167 e. The molecule has 16 heavy (non-hydrogen) atoms. The van der Waals surface area contributed by atoms with E-state index < -0.39 is 0 Å². The highest BCUT2D eigenvalue weighted by molar-refractivity contribution is 6.40. The van der Waals surface area contributed by atoms with Crippen molar-refractivity contribution >= 4 is 45.0 Å². The molecule has 3 aromatic rings. The fraction of sp³-hybridized carbons (Fsp3) is 0. The predicted octanol–water partition coefficient (Wildman–Crippen LogP) is 4.09. The van der Waals surface area contributed by atoms with Crippen LogP contribution in [0.5, 0.6) is 0 Å². The third-order valence-corrected chi connectivity index (χ3v) is 3.10. The van der Waals surface area contributed by atoms with Gasteiger partial charge in [0.2, 0.25) is 0 Å². The molecule has 0 unspecified atom stereocenters. The van der Waals surface area contributed by atoms with E-state index in [-0.39, 0.29) is 10.3 Å². The Balaban J connectivity index is 2.55. The molecule has 2 aromatic carbocycles. The van der Waals surface area contributed by atoms with Gasteiger partial charge >= 0.3 is 0 Å². The molecule has 4 heteroatoms. The van der Waals surface area contributed by atoms with Gasteiger partial charge in [-0.05, 0) is 11.5 Å². The summed E-state index contributed by atoms with van der Waals surface area (Å²) in [6.07, 6.45) is 0. The smallest absolute Gasteiger partial charge is 0.167 e. The van der Waals surface area contributed by atoms with Crippen molar-refractivity contribution in [3.05, 3.63) is 46.7 Å². The Kier molecular flexibility index (Phi) is 2.20. The van der Waals surface area contributed by atoms with Crippen LogP contribution in [0.4, 0.5) is 0 Å². The topological polar surface area (TPSA) is 25.8 Å². The second kappa shape index (κ2) is 3.58. The number of halogens is 2. The zero-order valence-electron chi connectivity index (χ0n) is 8.11. The van der Waals surface area contributed by atoms with E-state index in [4.69, 9.17) is 23.2 Å². The van der Waals surface area contributed by atoms with Gasteiger partial charge in [0.25, 0.3) is 0 Å². The van der Waals surface area contributed by atoms with Gasteiger partial charge in [0.05, 0.1) is 11.0 Å². The Labute approximate surface area is 102 Å². The second-order valence-corrected chi connectivity index (χ2v) is 4.18. The van der Waals surface area contributed by atoms with E-state index in [0.717, 1.165) is 21.8 Å². The summed E-state index contributed by atoms with van der Waals surface area (Å²) < 4.78 is 0. The first kappa shape index (κ1) is 9.82. The largest absolute Gasteiger partial charge is 0.231 e. The Hall–Kier alpha value is -1.38. The van der Waals surface area contributed by atoms with Gasteiger partial charge in [-0.25, -0.2) is 9.97 Å². The summed E-state index contributed by atoms with van der Waals surface area (Å²) in [6, 6.07) is 11.9. The van der Waals surface area contributed by atoms with Crippen molar-refractivity contribution in [3.63, 3.8) is 0 Å². The highest BCUT2D eigenvalue weighted by Crippen LogP contribution is 2.26. The lowest BCUT2D eigenvalue weighted by Gasteiger charge is -2.03. The molecular weight excluding hydrogens is 243 g/mol. The minimum Gasteiger partial charge on any atom is -0.231 e. The third-order valence-electron chi connectivity index (χ3n) is 2.48. The van der Waals surface area contributed by atoms with Crippen LogP contribution in [0.3, 0.4) is 0 Å². The van der Waals surface area contributed by atoms with Gasteiger partial charge in [0, 0.05) is 5.39 Å². The number of benzene rings is 2. The number of fused-ring (bicyclic) bond motifs is 3. The van der Waals surface area contributed by atoms with Crippen LogP contribution in [0.15, 0.2) is 36.4 Å². The molecule has 1 heterocycles. The molecule has 0 bridgehead atoms. The first-order valence-electron chi connectivity index (χ1n) is 4.76. The normalized spacial score (nSPS) is 11.1. The molecule has 78 valence electrons. The van der Waals surface area contributed by atoms with Crippen molar-refractivity contribution in [3.8, 4) is 0 Å². The Morgan fingerprint density at radius 1 is 0.812 bits per heavy atom. The molecule has 0 N–H and O–H groups in total. The van der Waals surface area contributed by atoms with Crippen LogP contribution >= 0.6 is 23.2 Å². The van der Waals surface area contributed by atoms with Crippen LogP contribution in [0.2, 0.25) is 10.3 Å². The van der Waals surface area contributed by atoms with Gasteiger partial charge in [0.1, 0.15) is 0 Å². The van der Waals surface area contributed by atoms with E-state index in [9.17, 15) is 0 Å². The van der Waals surface area contributed by atoms with Gasteiger partial charge in [0.15, 0.2) is 10.3 Å². The average Bonchev–Trinajstić information content (AvgIpc) is 2.31. The van der Waals surface area contributed by atoms with Crippen LogP contribution in [0.1, 0.15) is 0 Å². The molecule has 0 aliphatic rings. The maximum absolute atomic E-state index is 5.88. The van der Waals surface area contributed by atoms with Crippen molar-refractivity contribution in [1.29, 1.82) is 0 Å². The molecule has 0 saturated heterocycles.